The van der Waals surface area contributed by atoms with E-state index in [2.05, 4.69) is 87.5 Å². The molecule has 6 heteroatoms. The third-order valence-electron chi connectivity index (χ3n) is 15.3. The minimum Gasteiger partial charge on any atom is -0.458 e. The monoisotopic (exact) mass is 820 g/mol. The van der Waals surface area contributed by atoms with E-state index in [1.165, 1.54) is 11.1 Å². The third-order valence-corrected chi connectivity index (χ3v) is 15.3. The Bertz CT molecular complexity index is 2160. The molecule has 6 nitrogen and oxygen atoms in total. The van der Waals surface area contributed by atoms with Crippen LogP contribution in [0.2, 0.25) is 0 Å². The lowest BCUT2D eigenvalue weighted by atomic mass is 9.60. The second kappa shape index (κ2) is 16.6. The van der Waals surface area contributed by atoms with E-state index in [-0.39, 0.29) is 36.6 Å². The fourth-order valence-corrected chi connectivity index (χ4v) is 11.8. The summed E-state index contributed by atoms with van der Waals surface area (Å²) in [6, 6.07) is 39.2. The first-order chi connectivity index (χ1) is 29.2. The van der Waals surface area contributed by atoms with Gasteiger partial charge in [-0.1, -0.05) is 180 Å². The van der Waals surface area contributed by atoms with E-state index in [4.69, 9.17) is 9.47 Å². The van der Waals surface area contributed by atoms with Crippen molar-refractivity contribution in [1.82, 2.24) is 0 Å². The van der Waals surface area contributed by atoms with E-state index in [0.717, 1.165) is 60.8 Å². The van der Waals surface area contributed by atoms with E-state index in [0.29, 0.717) is 12.0 Å². The van der Waals surface area contributed by atoms with E-state index < -0.39 is 45.6 Å². The minimum atomic E-state index is -1.85. The van der Waals surface area contributed by atoms with Gasteiger partial charge in [-0.05, 0) is 78.8 Å². The van der Waals surface area contributed by atoms with Crippen molar-refractivity contribution in [3.05, 3.63) is 166 Å². The van der Waals surface area contributed by atoms with Gasteiger partial charge in [0.15, 0.2) is 5.78 Å². The molecule has 4 aromatic carbocycles. The lowest BCUT2D eigenvalue weighted by molar-refractivity contribution is -0.189. The summed E-state index contributed by atoms with van der Waals surface area (Å²) in [6.07, 6.45) is 10.5. The van der Waals surface area contributed by atoms with E-state index in [1.807, 2.05) is 74.5 Å². The number of ketones is 1. The predicted molar refractivity (Wildman–Crippen MR) is 241 cm³/mol. The summed E-state index contributed by atoms with van der Waals surface area (Å²) >= 11 is 0. The van der Waals surface area contributed by atoms with Gasteiger partial charge in [0.2, 0.25) is 0 Å². The van der Waals surface area contributed by atoms with Crippen molar-refractivity contribution in [2.45, 2.75) is 115 Å². The van der Waals surface area contributed by atoms with Gasteiger partial charge in [-0.25, -0.2) is 0 Å². The Morgan fingerprint density at radius 1 is 0.787 bits per heavy atom. The van der Waals surface area contributed by atoms with Crippen LogP contribution >= 0.6 is 0 Å². The molecule has 1 unspecified atom stereocenters. The fraction of sp³-hybridized carbons (Fsp3) is 0.455. The van der Waals surface area contributed by atoms with Crippen molar-refractivity contribution in [3.63, 3.8) is 0 Å². The zero-order valence-corrected chi connectivity index (χ0v) is 36.9. The van der Waals surface area contributed by atoms with Gasteiger partial charge in [-0.3, -0.25) is 9.59 Å². The average molecular weight is 821 g/mol. The second-order valence-electron chi connectivity index (χ2n) is 19.5. The number of carbonyl (C=O) groups excluding carboxylic acids is 2. The van der Waals surface area contributed by atoms with Crippen LogP contribution in [-0.2, 0) is 31.1 Å². The molecule has 0 aromatic heterocycles. The number of aliphatic hydroxyl groups is 2. The first kappa shape index (κ1) is 43.0. The highest BCUT2D eigenvalue weighted by molar-refractivity contribution is 6.04. The molecule has 0 aliphatic heterocycles. The molecule has 0 radical (unpaired) electrons. The number of unbranched alkanes of at least 4 members (excludes halogenated alkanes) is 3. The Hall–Kier alpha value is -4.62. The molecule has 0 saturated heterocycles. The van der Waals surface area contributed by atoms with Gasteiger partial charge in [-0.2, -0.15) is 0 Å². The maximum atomic E-state index is 14.1. The van der Waals surface area contributed by atoms with Gasteiger partial charge in [0.05, 0.1) is 18.1 Å². The highest BCUT2D eigenvalue weighted by atomic mass is 16.6. The third kappa shape index (κ3) is 7.36. The summed E-state index contributed by atoms with van der Waals surface area (Å²) in [5.41, 5.74) is 1.08. The van der Waals surface area contributed by atoms with Gasteiger partial charge in [-0.15, -0.1) is 0 Å². The number of fused-ring (bicyclic) bond motifs is 5. The second-order valence-corrected chi connectivity index (χ2v) is 19.5. The predicted octanol–water partition coefficient (Wildman–Crippen LogP) is 10.7. The van der Waals surface area contributed by atoms with E-state index in [9.17, 15) is 19.8 Å². The summed E-state index contributed by atoms with van der Waals surface area (Å²) in [6.45, 7) is 12.2. The molecular weight excluding hydrogens is 757 g/mol. The molecule has 0 spiro atoms. The van der Waals surface area contributed by atoms with Gasteiger partial charge in [0.1, 0.15) is 16.8 Å². The zero-order valence-electron chi connectivity index (χ0n) is 36.9. The quantitative estimate of drug-likeness (QED) is 0.0537. The number of carbonyl (C=O) groups is 2. The molecule has 61 heavy (non-hydrogen) atoms. The highest BCUT2D eigenvalue weighted by Crippen LogP contribution is 2.76. The molecule has 320 valence electrons. The van der Waals surface area contributed by atoms with Gasteiger partial charge in [0.25, 0.3) is 0 Å². The molecule has 4 aromatic rings. The molecule has 8 atom stereocenters. The summed E-state index contributed by atoms with van der Waals surface area (Å²) < 4.78 is 14.0. The van der Waals surface area contributed by atoms with Crippen LogP contribution < -0.4 is 0 Å². The number of ether oxygens (including phenoxy) is 2. The number of aryl methyl sites for hydroxylation is 2. The molecule has 8 rings (SSSR count). The van der Waals surface area contributed by atoms with Crippen molar-refractivity contribution >= 4 is 11.8 Å². The molecule has 0 heterocycles. The molecule has 2 N–H and O–H groups in total. The Balaban J connectivity index is 1.08. The number of benzene rings is 4. The van der Waals surface area contributed by atoms with Crippen LogP contribution in [0, 0.1) is 41.9 Å². The molecule has 0 bridgehead atoms. The summed E-state index contributed by atoms with van der Waals surface area (Å²) in [4.78, 5) is 28.2. The Morgan fingerprint density at radius 2 is 1.34 bits per heavy atom. The van der Waals surface area contributed by atoms with Crippen molar-refractivity contribution in [3.8, 4) is 0 Å². The van der Waals surface area contributed by atoms with Crippen LogP contribution in [0.1, 0.15) is 107 Å². The average Bonchev–Trinajstić information content (AvgIpc) is 3.67. The molecular formula is C55H64O6. The van der Waals surface area contributed by atoms with Crippen LogP contribution in [0.5, 0.6) is 0 Å². The van der Waals surface area contributed by atoms with Crippen LogP contribution in [0.4, 0.5) is 0 Å². The standard InChI is InChI=1S/C55H64O6/c1-37-28-30-41(31-29-37)21-13-8-7-12-20-38(2)50(57)61-53-34-40(4)54(59)46(48(53)51(53,5)6)33-42(35-52(58)47(54)32-39(3)49(52)56)36-60-55(43-22-14-9-15-23-43,44-24-16-10-17-25-44)45-26-18-11-19-27-45/h9-11,14-19,22-33,38,40,46-48,58-59H,7-8,12-13,20-21,34-36H2,1-6H3/t38?,40-,46+,47-,48-,52-,53+,54-/m1/s1. The lowest BCUT2D eigenvalue weighted by Gasteiger charge is -2.50. The topological polar surface area (TPSA) is 93.1 Å². The highest BCUT2D eigenvalue weighted by Gasteiger charge is 2.83. The molecule has 0 amide bonds. The van der Waals surface area contributed by atoms with Crippen molar-refractivity contribution in [1.29, 1.82) is 0 Å². The van der Waals surface area contributed by atoms with Crippen LogP contribution in [0.15, 0.2) is 139 Å². The zero-order chi connectivity index (χ0) is 43.2. The largest absolute Gasteiger partial charge is 0.458 e. The smallest absolute Gasteiger partial charge is 0.309 e. The Kier molecular flexibility index (Phi) is 11.7. The lowest BCUT2D eigenvalue weighted by Crippen LogP contribution is -2.61. The van der Waals surface area contributed by atoms with Crippen LogP contribution in [-0.4, -0.2) is 45.4 Å². The number of rotatable bonds is 15. The van der Waals surface area contributed by atoms with Crippen molar-refractivity contribution < 1.29 is 29.3 Å². The van der Waals surface area contributed by atoms with Crippen LogP contribution in [0.3, 0.4) is 0 Å². The van der Waals surface area contributed by atoms with E-state index in [1.54, 1.807) is 6.92 Å². The van der Waals surface area contributed by atoms with Gasteiger partial charge in [0, 0.05) is 29.6 Å². The fourth-order valence-electron chi connectivity index (χ4n) is 11.8. The number of hydrogen-bond donors (Lipinski definition) is 2. The van der Waals surface area contributed by atoms with Crippen molar-refractivity contribution in [2.75, 3.05) is 6.61 Å². The van der Waals surface area contributed by atoms with Gasteiger partial charge >= 0.3 is 5.97 Å². The molecule has 2 fully saturated rings. The maximum absolute atomic E-state index is 14.1. The first-order valence-electron chi connectivity index (χ1n) is 22.6. The normalized spacial score (nSPS) is 29.3. The van der Waals surface area contributed by atoms with Crippen molar-refractivity contribution in [2.24, 2.45) is 35.0 Å². The summed E-state index contributed by atoms with van der Waals surface area (Å²) in [7, 11) is 0. The molecule has 4 aliphatic rings. The maximum Gasteiger partial charge on any atom is 0.309 e. The summed E-state index contributed by atoms with van der Waals surface area (Å²) in [5, 5.41) is 25.9. The molecule has 2 saturated carbocycles. The Morgan fingerprint density at radius 3 is 1.92 bits per heavy atom. The van der Waals surface area contributed by atoms with E-state index >= 15 is 0 Å². The van der Waals surface area contributed by atoms with Gasteiger partial charge < -0.3 is 19.7 Å². The number of esters is 1. The number of hydrogen-bond acceptors (Lipinski definition) is 6. The summed E-state index contributed by atoms with van der Waals surface area (Å²) in [5.74, 6) is -2.77. The first-order valence-corrected chi connectivity index (χ1v) is 22.6. The van der Waals surface area contributed by atoms with Crippen LogP contribution in [0.25, 0.3) is 0 Å². The molecule has 4 aliphatic carbocycles. The SMILES string of the molecule is CC1=C[C@H]2[C@@]3(O)[C@H](C)C[C@]4(OC(=O)C(C)CCCCCCc5ccc(C)cc5)[C@H]([C@@H]3C=C(COC(c3ccccc3)(c3ccccc3)c3ccccc3)C[C@]2(O)C1=O)C4(C)C. The minimum absolute atomic E-state index is 0.0201. The Labute approximate surface area is 363 Å². The number of Topliss-reactive ketones (excluding diaryl/α,β-unsaturated/α-hetero) is 1.